The highest BCUT2D eigenvalue weighted by Gasteiger charge is 2.57. The van der Waals surface area contributed by atoms with Crippen molar-refractivity contribution in [1.29, 1.82) is 0 Å². The molecule has 0 radical (unpaired) electrons. The van der Waals surface area contributed by atoms with Crippen molar-refractivity contribution in [3.63, 3.8) is 0 Å². The van der Waals surface area contributed by atoms with Gasteiger partial charge >= 0.3 is 0 Å². The molecule has 2 aromatic rings. The number of ether oxygens (including phenoxy) is 1. The molecule has 2 saturated heterocycles. The fourth-order valence-corrected chi connectivity index (χ4v) is 4.40. The topological polar surface area (TPSA) is 80.3 Å². The van der Waals surface area contributed by atoms with Crippen LogP contribution in [0.3, 0.4) is 0 Å². The lowest BCUT2D eigenvalue weighted by molar-refractivity contribution is -0.125. The summed E-state index contributed by atoms with van der Waals surface area (Å²) in [6.45, 7) is 1.43. The number of benzene rings is 1. The van der Waals surface area contributed by atoms with Crippen molar-refractivity contribution in [3.05, 3.63) is 52.1 Å². The predicted molar refractivity (Wildman–Crippen MR) is 108 cm³/mol. The summed E-state index contributed by atoms with van der Waals surface area (Å²) in [5.74, 6) is -0.173. The molecular formula is C20H19Cl2N3O3. The van der Waals surface area contributed by atoms with Crippen molar-refractivity contribution < 1.29 is 14.3 Å². The standard InChI is InChI=1S/C20H19Cl2N3O3/c1-11(26)24-18-5-2-12(10-23-18)20-7-6-14(28-20)9-15(20)19(27)25-13-3-4-16(21)17(22)8-13/h2-5,8,10,14-15H,6-7,9H2,1H3,(H,25,27)(H,23,24,26). The van der Waals surface area contributed by atoms with Gasteiger partial charge in [0, 0.05) is 24.4 Å². The molecule has 0 aliphatic carbocycles. The number of nitrogens with zero attached hydrogens (tertiary/aromatic N) is 1. The van der Waals surface area contributed by atoms with E-state index in [2.05, 4.69) is 15.6 Å². The quantitative estimate of drug-likeness (QED) is 0.770. The monoisotopic (exact) mass is 419 g/mol. The van der Waals surface area contributed by atoms with Gasteiger partial charge in [0.05, 0.1) is 22.1 Å². The number of amides is 2. The molecule has 3 atom stereocenters. The van der Waals surface area contributed by atoms with Crippen LogP contribution in [0.15, 0.2) is 36.5 Å². The zero-order valence-electron chi connectivity index (χ0n) is 15.2. The van der Waals surface area contributed by atoms with E-state index in [-0.39, 0.29) is 23.8 Å². The summed E-state index contributed by atoms with van der Waals surface area (Å²) in [6.07, 6.45) is 4.04. The lowest BCUT2D eigenvalue weighted by Gasteiger charge is -2.32. The number of pyridine rings is 1. The molecule has 0 saturated carbocycles. The van der Waals surface area contributed by atoms with E-state index in [4.69, 9.17) is 27.9 Å². The first kappa shape index (κ1) is 19.2. The summed E-state index contributed by atoms with van der Waals surface area (Å²) < 4.78 is 6.25. The normalized spacial score (nSPS) is 25.5. The minimum Gasteiger partial charge on any atom is -0.366 e. The van der Waals surface area contributed by atoms with Gasteiger partial charge in [-0.3, -0.25) is 9.59 Å². The summed E-state index contributed by atoms with van der Waals surface area (Å²) in [7, 11) is 0. The number of fused-ring (bicyclic) bond motifs is 2. The SMILES string of the molecule is CC(=O)Nc1ccc(C23CCC(CC2C(=O)Nc2ccc(Cl)c(Cl)c2)O3)cn1. The number of hydrogen-bond donors (Lipinski definition) is 2. The van der Waals surface area contributed by atoms with E-state index in [0.717, 1.165) is 18.4 Å². The summed E-state index contributed by atoms with van der Waals surface area (Å²) >= 11 is 12.0. The second-order valence-corrected chi connectivity index (χ2v) is 8.00. The zero-order chi connectivity index (χ0) is 19.9. The van der Waals surface area contributed by atoms with E-state index in [1.54, 1.807) is 30.5 Å². The molecular weight excluding hydrogens is 401 g/mol. The fourth-order valence-electron chi connectivity index (χ4n) is 4.10. The minimum absolute atomic E-state index is 0.0552. The Balaban J connectivity index is 1.57. The van der Waals surface area contributed by atoms with Gasteiger partial charge in [0.1, 0.15) is 11.4 Å². The van der Waals surface area contributed by atoms with Crippen LogP contribution in [0.5, 0.6) is 0 Å². The molecule has 28 heavy (non-hydrogen) atoms. The highest BCUT2D eigenvalue weighted by molar-refractivity contribution is 6.42. The Morgan fingerprint density at radius 3 is 2.64 bits per heavy atom. The second kappa shape index (κ2) is 7.35. The molecule has 4 rings (SSSR count). The highest BCUT2D eigenvalue weighted by atomic mass is 35.5. The van der Waals surface area contributed by atoms with E-state index < -0.39 is 5.60 Å². The largest absolute Gasteiger partial charge is 0.366 e. The van der Waals surface area contributed by atoms with Crippen molar-refractivity contribution >= 4 is 46.5 Å². The lowest BCUT2D eigenvalue weighted by Crippen LogP contribution is -2.39. The molecule has 1 aromatic carbocycles. The molecule has 6 nitrogen and oxygen atoms in total. The van der Waals surface area contributed by atoms with Crippen molar-refractivity contribution in [2.75, 3.05) is 10.6 Å². The average molecular weight is 420 g/mol. The Labute approximate surface area is 172 Å². The molecule has 2 aliphatic rings. The Bertz CT molecular complexity index is 935. The van der Waals surface area contributed by atoms with Crippen LogP contribution in [0.4, 0.5) is 11.5 Å². The van der Waals surface area contributed by atoms with Crippen LogP contribution in [0.25, 0.3) is 0 Å². The number of rotatable bonds is 4. The molecule has 2 fully saturated rings. The fraction of sp³-hybridized carbons (Fsp3) is 0.350. The smallest absolute Gasteiger partial charge is 0.230 e. The Morgan fingerprint density at radius 1 is 1.18 bits per heavy atom. The van der Waals surface area contributed by atoms with Crippen LogP contribution >= 0.6 is 23.2 Å². The number of aromatic nitrogens is 1. The highest BCUT2D eigenvalue weighted by Crippen LogP contribution is 2.54. The van der Waals surface area contributed by atoms with Gasteiger partial charge in [0.25, 0.3) is 0 Å². The van der Waals surface area contributed by atoms with Gasteiger partial charge in [0.2, 0.25) is 11.8 Å². The Kier molecular flexibility index (Phi) is 5.04. The number of nitrogens with one attached hydrogen (secondary N) is 2. The summed E-state index contributed by atoms with van der Waals surface area (Å²) in [4.78, 5) is 28.5. The molecule has 146 valence electrons. The first-order valence-electron chi connectivity index (χ1n) is 9.05. The Morgan fingerprint density at radius 2 is 2.00 bits per heavy atom. The predicted octanol–water partition coefficient (Wildman–Crippen LogP) is 4.38. The zero-order valence-corrected chi connectivity index (χ0v) is 16.7. The Hall–Kier alpha value is -2.15. The molecule has 8 heteroatoms. The third-order valence-electron chi connectivity index (χ3n) is 5.34. The van der Waals surface area contributed by atoms with Crippen LogP contribution in [0.1, 0.15) is 31.7 Å². The number of carbonyl (C=O) groups is 2. The molecule has 2 bridgehead atoms. The van der Waals surface area contributed by atoms with E-state index in [9.17, 15) is 9.59 Å². The summed E-state index contributed by atoms with van der Waals surface area (Å²) in [5, 5.41) is 6.40. The van der Waals surface area contributed by atoms with Crippen LogP contribution in [-0.2, 0) is 19.9 Å². The van der Waals surface area contributed by atoms with Gasteiger partial charge in [-0.15, -0.1) is 0 Å². The maximum absolute atomic E-state index is 13.0. The summed E-state index contributed by atoms with van der Waals surface area (Å²) in [5.41, 5.74) is 0.736. The number of halogens is 2. The van der Waals surface area contributed by atoms with Gasteiger partial charge in [0.15, 0.2) is 0 Å². The number of carbonyl (C=O) groups excluding carboxylic acids is 2. The molecule has 3 heterocycles. The molecule has 1 aromatic heterocycles. The van der Waals surface area contributed by atoms with Crippen LogP contribution < -0.4 is 10.6 Å². The molecule has 2 amide bonds. The third kappa shape index (κ3) is 3.48. The second-order valence-electron chi connectivity index (χ2n) is 7.19. The maximum Gasteiger partial charge on any atom is 0.230 e. The van der Waals surface area contributed by atoms with Crippen molar-refractivity contribution in [1.82, 2.24) is 4.98 Å². The van der Waals surface area contributed by atoms with Gasteiger partial charge in [-0.05, 0) is 43.5 Å². The van der Waals surface area contributed by atoms with Gasteiger partial charge < -0.3 is 15.4 Å². The summed E-state index contributed by atoms with van der Waals surface area (Å²) in [6, 6.07) is 8.60. The third-order valence-corrected chi connectivity index (χ3v) is 6.08. The van der Waals surface area contributed by atoms with E-state index in [0.29, 0.717) is 28.0 Å². The van der Waals surface area contributed by atoms with Gasteiger partial charge in [-0.1, -0.05) is 29.3 Å². The molecule has 2 aliphatic heterocycles. The van der Waals surface area contributed by atoms with Crippen molar-refractivity contribution in [2.24, 2.45) is 5.92 Å². The molecule has 0 spiro atoms. The number of anilines is 2. The van der Waals surface area contributed by atoms with Crippen LogP contribution in [0, 0.1) is 5.92 Å². The van der Waals surface area contributed by atoms with Crippen LogP contribution in [-0.4, -0.2) is 22.9 Å². The van der Waals surface area contributed by atoms with Gasteiger partial charge in [-0.2, -0.15) is 0 Å². The number of hydrogen-bond acceptors (Lipinski definition) is 4. The first-order chi connectivity index (χ1) is 13.4. The van der Waals surface area contributed by atoms with Gasteiger partial charge in [-0.25, -0.2) is 4.98 Å². The lowest BCUT2D eigenvalue weighted by atomic mass is 9.74. The molecule has 2 N–H and O–H groups in total. The minimum atomic E-state index is -0.702. The van der Waals surface area contributed by atoms with Crippen molar-refractivity contribution in [3.8, 4) is 0 Å². The maximum atomic E-state index is 13.0. The van der Waals surface area contributed by atoms with E-state index in [1.165, 1.54) is 6.92 Å². The van der Waals surface area contributed by atoms with E-state index >= 15 is 0 Å². The van der Waals surface area contributed by atoms with Crippen LogP contribution in [0.2, 0.25) is 10.0 Å². The van der Waals surface area contributed by atoms with Crippen molar-refractivity contribution in [2.45, 2.75) is 37.9 Å². The average Bonchev–Trinajstić information content (AvgIpc) is 3.24. The first-order valence-corrected chi connectivity index (χ1v) is 9.81. The van der Waals surface area contributed by atoms with E-state index in [1.807, 2.05) is 6.07 Å². The molecule has 3 unspecified atom stereocenters.